The largest absolute Gasteiger partial charge is 0.495 e. The van der Waals surface area contributed by atoms with Crippen LogP contribution in [-0.4, -0.2) is 45.4 Å². The number of sulfonamides is 1. The highest BCUT2D eigenvalue weighted by Crippen LogP contribution is 2.33. The highest BCUT2D eigenvalue weighted by atomic mass is 32.2. The fourth-order valence-electron chi connectivity index (χ4n) is 3.84. The van der Waals surface area contributed by atoms with E-state index in [1.54, 1.807) is 18.2 Å². The molecule has 0 aromatic heterocycles. The Morgan fingerprint density at radius 1 is 1.12 bits per heavy atom. The molecule has 32 heavy (non-hydrogen) atoms. The second-order valence-corrected chi connectivity index (χ2v) is 10.1. The van der Waals surface area contributed by atoms with Gasteiger partial charge in [0.1, 0.15) is 16.4 Å². The maximum Gasteiger partial charge on any atom is 0.246 e. The zero-order valence-corrected chi connectivity index (χ0v) is 19.9. The first-order valence-electron chi connectivity index (χ1n) is 11.0. The minimum atomic E-state index is -3.73. The van der Waals surface area contributed by atoms with E-state index in [-0.39, 0.29) is 35.7 Å². The number of nitrogens with zero attached hydrogens (tertiary/aromatic N) is 1. The first-order chi connectivity index (χ1) is 15.3. The lowest BCUT2D eigenvalue weighted by Crippen LogP contribution is -2.41. The molecule has 0 unspecified atom stereocenters. The lowest BCUT2D eigenvalue weighted by Gasteiger charge is -2.31. The van der Waals surface area contributed by atoms with Gasteiger partial charge in [-0.3, -0.25) is 4.79 Å². The third kappa shape index (κ3) is 5.24. The number of carbonyl (C=O) groups excluding carboxylic acids is 1. The smallest absolute Gasteiger partial charge is 0.246 e. The topological polar surface area (TPSA) is 84.9 Å². The molecule has 0 radical (unpaired) electrons. The first kappa shape index (κ1) is 24.1. The summed E-state index contributed by atoms with van der Waals surface area (Å²) in [5, 5.41) is 2.94. The minimum Gasteiger partial charge on any atom is -0.495 e. The lowest BCUT2D eigenvalue weighted by molar-refractivity contribution is -0.120. The fourth-order valence-corrected chi connectivity index (χ4v) is 5.50. The Hall–Kier alpha value is -2.58. The van der Waals surface area contributed by atoms with Crippen molar-refractivity contribution in [2.45, 2.75) is 44.4 Å². The van der Waals surface area contributed by atoms with E-state index in [0.29, 0.717) is 36.6 Å². The molecule has 8 heteroatoms. The number of hydrogen-bond acceptors (Lipinski definition) is 5. The predicted octanol–water partition coefficient (Wildman–Crippen LogP) is 4.26. The molecule has 1 aliphatic rings. The quantitative estimate of drug-likeness (QED) is 0.636. The number of benzene rings is 2. The molecule has 0 atom stereocenters. The van der Waals surface area contributed by atoms with Crippen LogP contribution < -0.4 is 14.8 Å². The Balaban J connectivity index is 1.70. The van der Waals surface area contributed by atoms with Crippen molar-refractivity contribution >= 4 is 21.6 Å². The van der Waals surface area contributed by atoms with Crippen LogP contribution in [0.25, 0.3) is 0 Å². The van der Waals surface area contributed by atoms with Gasteiger partial charge >= 0.3 is 0 Å². The van der Waals surface area contributed by atoms with Gasteiger partial charge in [-0.1, -0.05) is 32.0 Å². The maximum absolute atomic E-state index is 13.4. The SMILES string of the molecule is CCOc1ccccc1NC(=O)C1CCN(S(=O)(=O)c2cc(C(C)C)ccc2OC)CC1. The Bertz CT molecular complexity index is 1040. The van der Waals surface area contributed by atoms with Crippen molar-refractivity contribution in [2.75, 3.05) is 32.1 Å². The van der Waals surface area contributed by atoms with Gasteiger partial charge in [0.25, 0.3) is 0 Å². The number of para-hydroxylation sites is 2. The van der Waals surface area contributed by atoms with Gasteiger partial charge in [0.2, 0.25) is 15.9 Å². The van der Waals surface area contributed by atoms with Gasteiger partial charge in [-0.25, -0.2) is 8.42 Å². The number of nitrogens with one attached hydrogen (secondary N) is 1. The highest BCUT2D eigenvalue weighted by molar-refractivity contribution is 7.89. The van der Waals surface area contributed by atoms with Crippen LogP contribution in [0, 0.1) is 5.92 Å². The Morgan fingerprint density at radius 2 is 1.81 bits per heavy atom. The van der Waals surface area contributed by atoms with E-state index < -0.39 is 10.0 Å². The van der Waals surface area contributed by atoms with Crippen molar-refractivity contribution in [3.05, 3.63) is 48.0 Å². The van der Waals surface area contributed by atoms with Crippen LogP contribution in [0.15, 0.2) is 47.4 Å². The van der Waals surface area contributed by atoms with E-state index >= 15 is 0 Å². The van der Waals surface area contributed by atoms with Crippen LogP contribution in [0.4, 0.5) is 5.69 Å². The number of carbonyl (C=O) groups is 1. The molecule has 1 aliphatic heterocycles. The van der Waals surface area contributed by atoms with Gasteiger partial charge in [-0.2, -0.15) is 4.31 Å². The average molecular weight is 461 g/mol. The normalized spacial score (nSPS) is 15.5. The van der Waals surface area contributed by atoms with Crippen molar-refractivity contribution in [1.29, 1.82) is 0 Å². The third-order valence-electron chi connectivity index (χ3n) is 5.74. The molecule has 1 N–H and O–H groups in total. The van der Waals surface area contributed by atoms with Crippen LogP contribution in [-0.2, 0) is 14.8 Å². The standard InChI is InChI=1S/C24H32N2O5S/c1-5-31-21-9-7-6-8-20(21)25-24(27)18-12-14-26(15-13-18)32(28,29)23-16-19(17(2)3)10-11-22(23)30-4/h6-11,16-18H,5,12-15H2,1-4H3,(H,25,27). The van der Waals surface area contributed by atoms with Crippen molar-refractivity contribution in [3.8, 4) is 11.5 Å². The van der Waals surface area contributed by atoms with E-state index in [1.807, 2.05) is 45.0 Å². The minimum absolute atomic E-state index is 0.117. The molecule has 1 amide bonds. The summed E-state index contributed by atoms with van der Waals surface area (Å²) in [7, 11) is -2.25. The Kier molecular flexibility index (Phi) is 7.79. The second-order valence-electron chi connectivity index (χ2n) is 8.16. The number of anilines is 1. The summed E-state index contributed by atoms with van der Waals surface area (Å²) in [5.74, 6) is 0.778. The van der Waals surface area contributed by atoms with E-state index in [0.717, 1.165) is 5.56 Å². The van der Waals surface area contributed by atoms with Crippen LogP contribution >= 0.6 is 0 Å². The van der Waals surface area contributed by atoms with Crippen molar-refractivity contribution < 1.29 is 22.7 Å². The summed E-state index contributed by atoms with van der Waals surface area (Å²) < 4.78 is 39.1. The van der Waals surface area contributed by atoms with Gasteiger partial charge < -0.3 is 14.8 Å². The summed E-state index contributed by atoms with van der Waals surface area (Å²) in [4.78, 5) is 13.0. The molecule has 0 spiro atoms. The van der Waals surface area contributed by atoms with E-state index in [1.165, 1.54) is 11.4 Å². The molecule has 7 nitrogen and oxygen atoms in total. The zero-order chi connectivity index (χ0) is 23.3. The number of piperidine rings is 1. The number of amides is 1. The third-order valence-corrected chi connectivity index (χ3v) is 7.66. The summed E-state index contributed by atoms with van der Waals surface area (Å²) >= 11 is 0. The van der Waals surface area contributed by atoms with Crippen molar-refractivity contribution in [1.82, 2.24) is 4.31 Å². The molecule has 174 valence electrons. The molecular formula is C24H32N2O5S. The molecule has 1 fully saturated rings. The molecule has 1 heterocycles. The van der Waals surface area contributed by atoms with Gasteiger partial charge in [-0.15, -0.1) is 0 Å². The highest BCUT2D eigenvalue weighted by Gasteiger charge is 2.34. The van der Waals surface area contributed by atoms with Crippen LogP contribution in [0.2, 0.25) is 0 Å². The summed E-state index contributed by atoms with van der Waals surface area (Å²) in [6.45, 7) is 6.99. The van der Waals surface area contributed by atoms with Gasteiger partial charge in [0.15, 0.2) is 0 Å². The van der Waals surface area contributed by atoms with Gasteiger partial charge in [-0.05, 0) is 55.5 Å². The number of hydrogen-bond donors (Lipinski definition) is 1. The summed E-state index contributed by atoms with van der Waals surface area (Å²) in [6.07, 6.45) is 0.905. The second kappa shape index (κ2) is 10.4. The summed E-state index contributed by atoms with van der Waals surface area (Å²) in [5.41, 5.74) is 1.57. The predicted molar refractivity (Wildman–Crippen MR) is 125 cm³/mol. The molecule has 0 aliphatic carbocycles. The van der Waals surface area contributed by atoms with E-state index in [4.69, 9.17) is 9.47 Å². The van der Waals surface area contributed by atoms with Gasteiger partial charge in [0.05, 0.1) is 19.4 Å². The summed E-state index contributed by atoms with van der Waals surface area (Å²) in [6, 6.07) is 12.6. The average Bonchev–Trinajstić information content (AvgIpc) is 2.80. The van der Waals surface area contributed by atoms with Crippen LogP contribution in [0.3, 0.4) is 0 Å². The number of methoxy groups -OCH3 is 1. The number of rotatable bonds is 8. The first-order valence-corrected chi connectivity index (χ1v) is 12.4. The van der Waals surface area contributed by atoms with Crippen molar-refractivity contribution in [3.63, 3.8) is 0 Å². The lowest BCUT2D eigenvalue weighted by atomic mass is 9.97. The maximum atomic E-state index is 13.4. The molecular weight excluding hydrogens is 428 g/mol. The van der Waals surface area contributed by atoms with E-state index in [9.17, 15) is 13.2 Å². The Morgan fingerprint density at radius 3 is 2.44 bits per heavy atom. The zero-order valence-electron chi connectivity index (χ0n) is 19.1. The fraction of sp³-hybridized carbons (Fsp3) is 0.458. The molecule has 3 rings (SSSR count). The van der Waals surface area contributed by atoms with Gasteiger partial charge in [0, 0.05) is 19.0 Å². The van der Waals surface area contributed by atoms with Crippen molar-refractivity contribution in [2.24, 2.45) is 5.92 Å². The molecule has 0 bridgehead atoms. The van der Waals surface area contributed by atoms with Crippen LogP contribution in [0.5, 0.6) is 11.5 Å². The molecule has 2 aromatic carbocycles. The van der Waals surface area contributed by atoms with Crippen LogP contribution in [0.1, 0.15) is 45.1 Å². The molecule has 2 aromatic rings. The number of ether oxygens (including phenoxy) is 2. The Labute approximate surface area is 190 Å². The van der Waals surface area contributed by atoms with E-state index in [2.05, 4.69) is 5.32 Å². The molecule has 1 saturated heterocycles. The molecule has 0 saturated carbocycles. The monoisotopic (exact) mass is 460 g/mol.